The highest BCUT2D eigenvalue weighted by Gasteiger charge is 2.52. The lowest BCUT2D eigenvalue weighted by Crippen LogP contribution is -2.41. The van der Waals surface area contributed by atoms with Crippen LogP contribution < -0.4 is 10.2 Å². The van der Waals surface area contributed by atoms with Crippen LogP contribution >= 0.6 is 0 Å². The van der Waals surface area contributed by atoms with E-state index in [0.29, 0.717) is 35.7 Å². The lowest BCUT2D eigenvalue weighted by atomic mass is 9.79. The molecule has 6 heterocycles. The molecule has 2 unspecified atom stereocenters. The molecule has 4 aliphatic heterocycles. The van der Waals surface area contributed by atoms with Gasteiger partial charge in [-0.3, -0.25) is 4.57 Å². The minimum atomic E-state index is -0.671. The summed E-state index contributed by atoms with van der Waals surface area (Å²) in [5.41, 5.74) is 2.07. The van der Waals surface area contributed by atoms with Gasteiger partial charge in [-0.15, -0.1) is 0 Å². The predicted octanol–water partition coefficient (Wildman–Crippen LogP) is 3.75. The Hall–Kier alpha value is -2.54. The van der Waals surface area contributed by atoms with Gasteiger partial charge in [0, 0.05) is 24.3 Å². The largest absolute Gasteiger partial charge is 0.494 e. The summed E-state index contributed by atoms with van der Waals surface area (Å²) in [6.45, 7) is 9.19. The number of fused-ring (bicyclic) bond motifs is 2. The van der Waals surface area contributed by atoms with E-state index in [0.717, 1.165) is 24.7 Å². The number of aliphatic hydroxyl groups excluding tert-OH is 1. The van der Waals surface area contributed by atoms with Crippen LogP contribution in [0.4, 0.5) is 4.39 Å². The van der Waals surface area contributed by atoms with Crippen molar-refractivity contribution in [2.75, 3.05) is 19.8 Å². The van der Waals surface area contributed by atoms with E-state index in [1.54, 1.807) is 0 Å². The van der Waals surface area contributed by atoms with Crippen LogP contribution in [0.3, 0.4) is 0 Å². The number of hydrogen-bond donors (Lipinski definition) is 1. The fraction of sp³-hybridized carbons (Fsp3) is 0.567. The van der Waals surface area contributed by atoms with Gasteiger partial charge in [-0.1, -0.05) is 24.3 Å². The van der Waals surface area contributed by atoms with E-state index in [1.165, 1.54) is 6.07 Å². The lowest BCUT2D eigenvalue weighted by Gasteiger charge is -2.32. The first kappa shape index (κ1) is 27.3. The Labute approximate surface area is 239 Å². The normalized spacial score (nSPS) is 30.7. The number of hydrogen-bond acceptors (Lipinski definition) is 8. The summed E-state index contributed by atoms with van der Waals surface area (Å²) in [6.07, 6.45) is 0.613. The van der Waals surface area contributed by atoms with Gasteiger partial charge < -0.3 is 33.4 Å². The third-order valence-electron chi connectivity index (χ3n) is 9.15. The Morgan fingerprint density at radius 2 is 1.71 bits per heavy atom. The summed E-state index contributed by atoms with van der Waals surface area (Å²) in [5.74, 6) is 0.0837. The molecule has 1 aromatic carbocycles. The SMILES string of the molecule is CC1(C)OB(c2ccc(-c3nc4cc(O[C@@H]5COC6[C@H](O)CO[C@@H]65)n(C5CCCCO5)c4cc3F)cc2)OC1(C)C. The molecule has 0 radical (unpaired) electrons. The van der Waals surface area contributed by atoms with Crippen LogP contribution in [0.15, 0.2) is 36.4 Å². The maximum atomic E-state index is 15.7. The molecule has 0 aliphatic carbocycles. The van der Waals surface area contributed by atoms with Crippen LogP contribution in [0, 0.1) is 5.82 Å². The van der Waals surface area contributed by atoms with Gasteiger partial charge in [-0.2, -0.15) is 0 Å². The van der Waals surface area contributed by atoms with E-state index in [9.17, 15) is 5.11 Å². The Balaban J connectivity index is 1.21. The van der Waals surface area contributed by atoms with Gasteiger partial charge in [-0.05, 0) is 52.4 Å². The molecule has 0 spiro atoms. The number of pyridine rings is 1. The molecular weight excluding hydrogens is 530 g/mol. The summed E-state index contributed by atoms with van der Waals surface area (Å²) in [5, 5.41) is 10.2. The molecule has 218 valence electrons. The molecule has 11 heteroatoms. The quantitative estimate of drug-likeness (QED) is 0.467. The van der Waals surface area contributed by atoms with Crippen LogP contribution in [0.25, 0.3) is 22.3 Å². The van der Waals surface area contributed by atoms with Crippen molar-refractivity contribution in [3.63, 3.8) is 0 Å². The Morgan fingerprint density at radius 3 is 2.41 bits per heavy atom. The molecule has 9 nitrogen and oxygen atoms in total. The van der Waals surface area contributed by atoms with Crippen molar-refractivity contribution in [1.29, 1.82) is 0 Å². The zero-order chi connectivity index (χ0) is 28.5. The highest BCUT2D eigenvalue weighted by molar-refractivity contribution is 6.62. The van der Waals surface area contributed by atoms with Crippen molar-refractivity contribution < 1.29 is 37.8 Å². The molecule has 5 atom stereocenters. The molecule has 41 heavy (non-hydrogen) atoms. The fourth-order valence-electron chi connectivity index (χ4n) is 6.09. The molecular formula is C30H36BFN2O7. The summed E-state index contributed by atoms with van der Waals surface area (Å²) in [4.78, 5) is 4.75. The molecule has 2 aromatic heterocycles. The molecule has 0 saturated carbocycles. The van der Waals surface area contributed by atoms with Crippen LogP contribution in [0.5, 0.6) is 5.88 Å². The Morgan fingerprint density at radius 1 is 0.976 bits per heavy atom. The summed E-state index contributed by atoms with van der Waals surface area (Å²) < 4.78 is 54.0. The predicted molar refractivity (Wildman–Crippen MR) is 150 cm³/mol. The summed E-state index contributed by atoms with van der Waals surface area (Å²) in [6, 6.07) is 10.8. The zero-order valence-corrected chi connectivity index (χ0v) is 23.8. The second kappa shape index (κ2) is 10.0. The first-order valence-corrected chi connectivity index (χ1v) is 14.5. The maximum Gasteiger partial charge on any atom is 0.494 e. The van der Waals surface area contributed by atoms with Crippen molar-refractivity contribution in [2.24, 2.45) is 0 Å². The molecule has 4 aliphatic rings. The summed E-state index contributed by atoms with van der Waals surface area (Å²) >= 11 is 0. The number of rotatable bonds is 5. The van der Waals surface area contributed by atoms with Crippen LogP contribution in [-0.4, -0.2) is 77.2 Å². The van der Waals surface area contributed by atoms with E-state index in [4.69, 9.17) is 33.2 Å². The first-order chi connectivity index (χ1) is 19.6. The number of aromatic nitrogens is 2. The number of halogens is 1. The van der Waals surface area contributed by atoms with Crippen molar-refractivity contribution in [3.05, 3.63) is 42.2 Å². The average molecular weight is 566 g/mol. The maximum absolute atomic E-state index is 15.7. The molecule has 4 fully saturated rings. The topological polar surface area (TPSA) is 93.4 Å². The molecule has 0 bridgehead atoms. The zero-order valence-electron chi connectivity index (χ0n) is 23.8. The van der Waals surface area contributed by atoms with Gasteiger partial charge in [-0.25, -0.2) is 9.37 Å². The van der Waals surface area contributed by atoms with E-state index in [-0.39, 0.29) is 24.6 Å². The third kappa shape index (κ3) is 4.67. The highest BCUT2D eigenvalue weighted by atomic mass is 19.1. The van der Waals surface area contributed by atoms with Gasteiger partial charge >= 0.3 is 7.12 Å². The van der Waals surface area contributed by atoms with Gasteiger partial charge in [0.05, 0.1) is 35.4 Å². The smallest absolute Gasteiger partial charge is 0.470 e. The van der Waals surface area contributed by atoms with E-state index in [2.05, 4.69) is 0 Å². The van der Waals surface area contributed by atoms with Crippen molar-refractivity contribution in [3.8, 4) is 17.1 Å². The number of benzene rings is 1. The minimum absolute atomic E-state index is 0.216. The van der Waals surface area contributed by atoms with Crippen LogP contribution in [0.2, 0.25) is 0 Å². The van der Waals surface area contributed by atoms with E-state index in [1.807, 2.05) is 62.6 Å². The van der Waals surface area contributed by atoms with Gasteiger partial charge in [0.15, 0.2) is 17.8 Å². The van der Waals surface area contributed by atoms with Crippen molar-refractivity contribution >= 4 is 23.6 Å². The van der Waals surface area contributed by atoms with Crippen molar-refractivity contribution in [2.45, 2.75) is 88.8 Å². The number of ether oxygens (including phenoxy) is 4. The lowest BCUT2D eigenvalue weighted by molar-refractivity contribution is -0.0392. The summed E-state index contributed by atoms with van der Waals surface area (Å²) in [7, 11) is -0.498. The second-order valence-corrected chi connectivity index (χ2v) is 12.4. The molecule has 7 rings (SSSR count). The number of aliphatic hydroxyl groups is 1. The van der Waals surface area contributed by atoms with Crippen LogP contribution in [0.1, 0.15) is 53.2 Å². The third-order valence-corrected chi connectivity index (χ3v) is 9.15. The first-order valence-electron chi connectivity index (χ1n) is 14.5. The van der Waals surface area contributed by atoms with Gasteiger partial charge in [0.25, 0.3) is 0 Å². The second-order valence-electron chi connectivity index (χ2n) is 12.4. The molecule has 1 N–H and O–H groups in total. The number of nitrogens with zero attached hydrogens (tertiary/aromatic N) is 2. The molecule has 4 saturated heterocycles. The standard InChI is InChI=1S/C30H36BFN2O7/c1-29(2)30(3,4)41-31(40-29)18-10-8-17(9-11-18)26-19(32)13-21-20(33-26)14-25(34(21)24-7-5-6-12-36-24)39-23-16-38-27-22(35)15-37-28(23)27/h8-11,13-14,22-24,27-28,35H,5-7,12,15-16H2,1-4H3/t22-,23-,24?,27?,28-/m1/s1. The molecule has 0 amide bonds. The van der Waals surface area contributed by atoms with E-state index >= 15 is 4.39 Å². The Kier molecular flexibility index (Phi) is 6.68. The minimum Gasteiger partial charge on any atom is -0.470 e. The van der Waals surface area contributed by atoms with E-state index < -0.39 is 42.4 Å². The van der Waals surface area contributed by atoms with Gasteiger partial charge in [0.1, 0.15) is 30.2 Å². The fourth-order valence-corrected chi connectivity index (χ4v) is 6.09. The Bertz CT molecular complexity index is 1420. The average Bonchev–Trinajstić information content (AvgIpc) is 3.67. The highest BCUT2D eigenvalue weighted by Crippen LogP contribution is 2.39. The molecule has 3 aromatic rings. The van der Waals surface area contributed by atoms with Gasteiger partial charge in [0.2, 0.25) is 0 Å². The van der Waals surface area contributed by atoms with Crippen molar-refractivity contribution in [1.82, 2.24) is 9.55 Å². The monoisotopic (exact) mass is 566 g/mol. The van der Waals surface area contributed by atoms with Crippen LogP contribution in [-0.2, 0) is 23.5 Å².